The predicted octanol–water partition coefficient (Wildman–Crippen LogP) is 14.2. The number of benzene rings is 8. The molecule has 8 aromatic carbocycles. The van der Waals surface area contributed by atoms with Crippen LogP contribution in [0.5, 0.6) is 0 Å². The van der Waals surface area contributed by atoms with Gasteiger partial charge < -0.3 is 0 Å². The number of nitrogens with zero attached hydrogens (tertiary/aromatic N) is 2. The van der Waals surface area contributed by atoms with Crippen molar-refractivity contribution < 1.29 is 0 Å². The molecule has 54 heavy (non-hydrogen) atoms. The molecule has 1 aromatic heterocycles. The number of allylic oxidation sites excluding steroid dienone is 1. The highest BCUT2D eigenvalue weighted by Crippen LogP contribution is 2.46. The topological polar surface area (TPSA) is 17.8 Å². The second-order valence-corrected chi connectivity index (χ2v) is 13.8. The molecule has 0 saturated carbocycles. The van der Waals surface area contributed by atoms with Crippen molar-refractivity contribution >= 4 is 44.5 Å². The Hall–Kier alpha value is -6.77. The van der Waals surface area contributed by atoms with Gasteiger partial charge in [-0.1, -0.05) is 165 Å². The third kappa shape index (κ3) is 5.64. The molecule has 0 fully saturated rings. The van der Waals surface area contributed by atoms with Crippen molar-refractivity contribution in [2.45, 2.75) is 20.3 Å². The maximum Gasteiger partial charge on any atom is 0.114 e. The molecular weight excluding hydrogens is 653 g/mol. The summed E-state index contributed by atoms with van der Waals surface area (Å²) in [6.45, 7) is 8.27. The van der Waals surface area contributed by atoms with Crippen LogP contribution in [-0.4, -0.2) is 9.55 Å². The summed E-state index contributed by atoms with van der Waals surface area (Å²) in [6.07, 6.45) is 6.81. The zero-order chi connectivity index (χ0) is 36.6. The van der Waals surface area contributed by atoms with E-state index in [9.17, 15) is 0 Å². The van der Waals surface area contributed by atoms with Gasteiger partial charge in [0.15, 0.2) is 0 Å². The highest BCUT2D eigenvalue weighted by atomic mass is 15.1. The van der Waals surface area contributed by atoms with Gasteiger partial charge in [-0.3, -0.25) is 4.57 Å². The van der Waals surface area contributed by atoms with Gasteiger partial charge in [-0.25, -0.2) is 4.98 Å². The highest BCUT2D eigenvalue weighted by Gasteiger charge is 2.19. The maximum absolute atomic E-state index is 4.89. The van der Waals surface area contributed by atoms with Crippen LogP contribution in [0.2, 0.25) is 0 Å². The molecule has 0 unspecified atom stereocenters. The molecule has 0 atom stereocenters. The second kappa shape index (κ2) is 14.0. The average Bonchev–Trinajstić information content (AvgIpc) is 3.60. The Morgan fingerprint density at radius 3 is 1.81 bits per heavy atom. The number of hydrogen-bond donors (Lipinski definition) is 0. The Morgan fingerprint density at radius 1 is 0.537 bits per heavy atom. The molecule has 2 heteroatoms. The van der Waals surface area contributed by atoms with Gasteiger partial charge in [0.1, 0.15) is 5.82 Å². The SMILES string of the molecule is C=Cc1c(/C=C\C)nc(CC)n1-c1ccc(-c2ccc(-c3c4ccccc4c(-c4cccc5ccccc45)c4ccc(-c5ccccc5)cc34)cc2)cc1. The fourth-order valence-electron chi connectivity index (χ4n) is 8.17. The van der Waals surface area contributed by atoms with Crippen molar-refractivity contribution in [3.05, 3.63) is 194 Å². The number of rotatable bonds is 8. The molecule has 258 valence electrons. The third-order valence-electron chi connectivity index (χ3n) is 10.7. The molecule has 0 radical (unpaired) electrons. The summed E-state index contributed by atoms with van der Waals surface area (Å²) < 4.78 is 2.22. The number of imidazole rings is 1. The molecule has 0 amide bonds. The third-order valence-corrected chi connectivity index (χ3v) is 10.7. The van der Waals surface area contributed by atoms with E-state index >= 15 is 0 Å². The van der Waals surface area contributed by atoms with Crippen molar-refractivity contribution in [1.29, 1.82) is 0 Å². The summed E-state index contributed by atoms with van der Waals surface area (Å²) in [6, 6.07) is 60.0. The van der Waals surface area contributed by atoms with Crippen LogP contribution >= 0.6 is 0 Å². The molecule has 2 nitrogen and oxygen atoms in total. The molecule has 0 spiro atoms. The summed E-state index contributed by atoms with van der Waals surface area (Å²) in [5.41, 5.74) is 12.8. The lowest BCUT2D eigenvalue weighted by Crippen LogP contribution is -2.02. The van der Waals surface area contributed by atoms with E-state index in [1.807, 2.05) is 19.1 Å². The highest BCUT2D eigenvalue weighted by molar-refractivity contribution is 6.24. The van der Waals surface area contributed by atoms with Gasteiger partial charge in [-0.15, -0.1) is 0 Å². The lowest BCUT2D eigenvalue weighted by Gasteiger charge is -2.20. The summed E-state index contributed by atoms with van der Waals surface area (Å²) in [7, 11) is 0. The summed E-state index contributed by atoms with van der Waals surface area (Å²) in [4.78, 5) is 4.89. The van der Waals surface area contributed by atoms with E-state index in [1.54, 1.807) is 0 Å². The van der Waals surface area contributed by atoms with Crippen molar-refractivity contribution in [1.82, 2.24) is 9.55 Å². The zero-order valence-electron chi connectivity index (χ0n) is 30.6. The van der Waals surface area contributed by atoms with Gasteiger partial charge in [0.05, 0.1) is 11.4 Å². The Morgan fingerprint density at radius 2 is 1.11 bits per heavy atom. The van der Waals surface area contributed by atoms with E-state index in [2.05, 4.69) is 188 Å². The second-order valence-electron chi connectivity index (χ2n) is 13.8. The fourth-order valence-corrected chi connectivity index (χ4v) is 8.17. The minimum absolute atomic E-state index is 0.834. The normalized spacial score (nSPS) is 11.6. The summed E-state index contributed by atoms with van der Waals surface area (Å²) in [5.74, 6) is 1.02. The van der Waals surface area contributed by atoms with Gasteiger partial charge in [0.2, 0.25) is 0 Å². The summed E-state index contributed by atoms with van der Waals surface area (Å²) >= 11 is 0. The number of fused-ring (bicyclic) bond motifs is 3. The minimum atomic E-state index is 0.834. The molecule has 0 aliphatic rings. The quantitative estimate of drug-likeness (QED) is 0.145. The Bertz CT molecular complexity index is 2850. The van der Waals surface area contributed by atoms with Gasteiger partial charge in [-0.05, 0) is 114 Å². The monoisotopic (exact) mass is 692 g/mol. The van der Waals surface area contributed by atoms with Crippen LogP contribution in [0.4, 0.5) is 0 Å². The molecule has 0 aliphatic carbocycles. The number of aryl methyl sites for hydroxylation is 1. The first-order valence-corrected chi connectivity index (χ1v) is 18.8. The predicted molar refractivity (Wildman–Crippen MR) is 232 cm³/mol. The lowest BCUT2D eigenvalue weighted by atomic mass is 9.83. The molecule has 0 bridgehead atoms. The van der Waals surface area contributed by atoms with Crippen LogP contribution in [0, 0.1) is 0 Å². The lowest BCUT2D eigenvalue weighted by molar-refractivity contribution is 0.886. The van der Waals surface area contributed by atoms with Crippen molar-refractivity contribution in [3.8, 4) is 50.2 Å². The summed E-state index contributed by atoms with van der Waals surface area (Å²) in [5, 5.41) is 7.51. The minimum Gasteiger partial charge on any atom is -0.296 e. The fraction of sp³-hybridized carbons (Fsp3) is 0.0577. The maximum atomic E-state index is 4.89. The van der Waals surface area contributed by atoms with Gasteiger partial charge in [0, 0.05) is 12.1 Å². The molecule has 1 heterocycles. The standard InChI is InChI=1S/C52H40N2/c1-4-15-48-49(5-2)54(50(6-3)53-48)41-31-28-37(29-32-41)36-24-26-39(27-25-36)51-44-21-12-13-22-45(44)52(43-23-14-19-38-18-10-11-20-42(38)43)46-33-30-40(34-47(46)51)35-16-8-7-9-17-35/h4-5,7-34H,2,6H2,1,3H3/b15-4-. The zero-order valence-corrected chi connectivity index (χ0v) is 30.6. The first kappa shape index (κ1) is 33.1. The first-order chi connectivity index (χ1) is 26.7. The Balaban J connectivity index is 1.20. The van der Waals surface area contributed by atoms with E-state index in [4.69, 9.17) is 4.98 Å². The molecular formula is C52H40N2. The van der Waals surface area contributed by atoms with Crippen LogP contribution in [-0.2, 0) is 6.42 Å². The van der Waals surface area contributed by atoms with Crippen LogP contribution in [0.15, 0.2) is 176 Å². The smallest absolute Gasteiger partial charge is 0.114 e. The van der Waals surface area contributed by atoms with Crippen molar-refractivity contribution in [2.24, 2.45) is 0 Å². The van der Waals surface area contributed by atoms with Crippen LogP contribution < -0.4 is 0 Å². The van der Waals surface area contributed by atoms with Crippen LogP contribution in [0.1, 0.15) is 31.1 Å². The van der Waals surface area contributed by atoms with Crippen LogP contribution in [0.25, 0.3) is 94.7 Å². The molecule has 9 aromatic rings. The Labute approximate surface area is 317 Å². The molecule has 9 rings (SSSR count). The van der Waals surface area contributed by atoms with E-state index in [0.29, 0.717) is 0 Å². The van der Waals surface area contributed by atoms with E-state index < -0.39 is 0 Å². The average molecular weight is 693 g/mol. The van der Waals surface area contributed by atoms with Gasteiger partial charge in [0.25, 0.3) is 0 Å². The molecule has 0 N–H and O–H groups in total. The largest absolute Gasteiger partial charge is 0.296 e. The van der Waals surface area contributed by atoms with Crippen molar-refractivity contribution in [3.63, 3.8) is 0 Å². The molecule has 0 aliphatic heterocycles. The van der Waals surface area contributed by atoms with Gasteiger partial charge in [-0.2, -0.15) is 0 Å². The first-order valence-electron chi connectivity index (χ1n) is 18.8. The number of hydrogen-bond acceptors (Lipinski definition) is 1. The van der Waals surface area contributed by atoms with Gasteiger partial charge >= 0.3 is 0 Å². The Kier molecular flexibility index (Phi) is 8.57. The number of aromatic nitrogens is 2. The van der Waals surface area contributed by atoms with Crippen molar-refractivity contribution in [2.75, 3.05) is 0 Å². The molecule has 0 saturated heterocycles. The van der Waals surface area contributed by atoms with E-state index in [1.165, 1.54) is 76.8 Å². The van der Waals surface area contributed by atoms with E-state index in [0.717, 1.165) is 29.3 Å². The van der Waals surface area contributed by atoms with E-state index in [-0.39, 0.29) is 0 Å². The van der Waals surface area contributed by atoms with Crippen LogP contribution in [0.3, 0.4) is 0 Å².